The number of likely N-dealkylation sites (N-methyl/N-ethyl adjacent to an activating group) is 1. The number of aryl methyl sites for hydroxylation is 2. The van der Waals surface area contributed by atoms with Crippen LogP contribution in [0.2, 0.25) is 0 Å². The van der Waals surface area contributed by atoms with Crippen molar-refractivity contribution < 1.29 is 23.8 Å². The molecule has 2 unspecified atom stereocenters. The third-order valence-corrected chi connectivity index (χ3v) is 10.4. The van der Waals surface area contributed by atoms with Crippen molar-refractivity contribution in [2.45, 2.75) is 92.4 Å². The van der Waals surface area contributed by atoms with Gasteiger partial charge in [0.15, 0.2) is 0 Å². The summed E-state index contributed by atoms with van der Waals surface area (Å²) < 4.78 is 16.7. The molecule has 5 aromatic carbocycles. The van der Waals surface area contributed by atoms with Crippen LogP contribution in [0.1, 0.15) is 118 Å². The molecule has 6 nitrogen and oxygen atoms in total. The van der Waals surface area contributed by atoms with E-state index in [4.69, 9.17) is 14.2 Å². The maximum absolute atomic E-state index is 11.6. The molecule has 5 aromatic rings. The van der Waals surface area contributed by atoms with E-state index >= 15 is 0 Å². The zero-order chi connectivity index (χ0) is 42.0. The van der Waals surface area contributed by atoms with Crippen molar-refractivity contribution in [1.29, 1.82) is 0 Å². The first-order chi connectivity index (χ1) is 28.0. The number of rotatable bonds is 17. The van der Waals surface area contributed by atoms with E-state index in [2.05, 4.69) is 149 Å². The summed E-state index contributed by atoms with van der Waals surface area (Å²) in [6.07, 6.45) is 3.68. The van der Waals surface area contributed by atoms with Gasteiger partial charge in [-0.15, -0.1) is 0 Å². The van der Waals surface area contributed by atoms with Crippen molar-refractivity contribution in [2.75, 3.05) is 27.2 Å². The van der Waals surface area contributed by atoms with Gasteiger partial charge in [0.2, 0.25) is 0 Å². The molecule has 0 radical (unpaired) electrons. The van der Waals surface area contributed by atoms with Crippen molar-refractivity contribution in [2.24, 2.45) is 0 Å². The maximum atomic E-state index is 11.6. The van der Waals surface area contributed by atoms with Crippen LogP contribution in [0.15, 0.2) is 121 Å². The standard InChI is InChI=1S/C26H29NO.C26H34O4/c1-4-25(21-11-7-5-8-12-21)26(22-13-9-6-10-14-22)23-15-17-24(18-16-23)28-20-19-27(2)3;1-7-21(19-11-13-23(17(5)15-19)29-25(27)9-3)22(8-2)20-12-14-24(18(6)16-20)30-26(28)10-4/h5-18H,4,19-20H2,1-3H3;11-16,21-22H,7-10H2,1-6H3/b26-25-;. The molecule has 306 valence electrons. The van der Waals surface area contributed by atoms with E-state index in [1.165, 1.54) is 39.0 Å². The molecule has 0 aliphatic carbocycles. The minimum atomic E-state index is -0.219. The van der Waals surface area contributed by atoms with Crippen LogP contribution < -0.4 is 14.2 Å². The van der Waals surface area contributed by atoms with Gasteiger partial charge in [0.05, 0.1) is 0 Å². The molecular weight excluding hydrogens is 719 g/mol. The molecule has 2 atom stereocenters. The molecule has 0 heterocycles. The summed E-state index contributed by atoms with van der Waals surface area (Å²) >= 11 is 0. The van der Waals surface area contributed by atoms with Gasteiger partial charge in [-0.25, -0.2) is 0 Å². The summed E-state index contributed by atoms with van der Waals surface area (Å²) in [5.74, 6) is 2.42. The lowest BCUT2D eigenvalue weighted by molar-refractivity contribution is -0.135. The average molecular weight is 782 g/mol. The Morgan fingerprint density at radius 3 is 1.40 bits per heavy atom. The summed E-state index contributed by atoms with van der Waals surface area (Å²) in [6.45, 7) is 15.8. The van der Waals surface area contributed by atoms with Crippen LogP contribution in [0.4, 0.5) is 0 Å². The predicted octanol–water partition coefficient (Wildman–Crippen LogP) is 12.6. The highest BCUT2D eigenvalue weighted by Gasteiger charge is 2.24. The molecule has 6 heteroatoms. The molecule has 0 aromatic heterocycles. The molecule has 5 rings (SSSR count). The van der Waals surface area contributed by atoms with E-state index in [1.807, 2.05) is 26.0 Å². The molecule has 0 aliphatic rings. The Kier molecular flexibility index (Phi) is 18.0. The molecule has 0 bridgehead atoms. The van der Waals surface area contributed by atoms with Crippen LogP contribution in [0.3, 0.4) is 0 Å². The third kappa shape index (κ3) is 12.8. The molecule has 0 amide bonds. The number of benzene rings is 5. The van der Waals surface area contributed by atoms with Gasteiger partial charge >= 0.3 is 11.9 Å². The lowest BCUT2D eigenvalue weighted by Crippen LogP contribution is -2.19. The zero-order valence-electron chi connectivity index (χ0n) is 36.1. The SMILES string of the molecule is CC/C(=C(\c1ccccc1)c1ccc(OCCN(C)C)cc1)c1ccccc1.CCC(=O)Oc1ccc(C(CC)C(CC)c2ccc(OC(=O)CC)c(C)c2)cc1C. The van der Waals surface area contributed by atoms with Gasteiger partial charge in [0.25, 0.3) is 0 Å². The van der Waals surface area contributed by atoms with Crippen molar-refractivity contribution in [3.05, 3.63) is 160 Å². The van der Waals surface area contributed by atoms with E-state index < -0.39 is 0 Å². The molecule has 0 saturated carbocycles. The normalized spacial score (nSPS) is 12.4. The third-order valence-electron chi connectivity index (χ3n) is 10.4. The molecule has 0 aliphatic heterocycles. The van der Waals surface area contributed by atoms with Crippen molar-refractivity contribution in [1.82, 2.24) is 4.90 Å². The highest BCUT2D eigenvalue weighted by atomic mass is 16.5. The number of carbonyl (C=O) groups excluding carboxylic acids is 2. The Balaban J connectivity index is 0.000000257. The average Bonchev–Trinajstić information content (AvgIpc) is 3.24. The van der Waals surface area contributed by atoms with Gasteiger partial charge in [-0.1, -0.05) is 132 Å². The molecule has 0 N–H and O–H groups in total. The molecule has 0 fully saturated rings. The van der Waals surface area contributed by atoms with Gasteiger partial charge < -0.3 is 19.1 Å². The molecule has 0 saturated heterocycles. The van der Waals surface area contributed by atoms with Crippen LogP contribution in [0.5, 0.6) is 17.2 Å². The highest BCUT2D eigenvalue weighted by Crippen LogP contribution is 2.40. The summed E-state index contributed by atoms with van der Waals surface area (Å²) in [5.41, 5.74) is 10.8. The Bertz CT molecular complexity index is 2000. The predicted molar refractivity (Wildman–Crippen MR) is 240 cm³/mol. The maximum Gasteiger partial charge on any atom is 0.310 e. The molecule has 0 spiro atoms. The van der Waals surface area contributed by atoms with Crippen LogP contribution in [0.25, 0.3) is 11.1 Å². The van der Waals surface area contributed by atoms with Crippen LogP contribution in [-0.2, 0) is 9.59 Å². The summed E-state index contributed by atoms with van der Waals surface area (Å²) in [5, 5.41) is 0. The van der Waals surface area contributed by atoms with E-state index in [-0.39, 0.29) is 11.9 Å². The largest absolute Gasteiger partial charge is 0.492 e. The number of hydrogen-bond donors (Lipinski definition) is 0. The number of allylic oxidation sites excluding steroid dienone is 1. The lowest BCUT2D eigenvalue weighted by atomic mass is 9.77. The van der Waals surface area contributed by atoms with Gasteiger partial charge in [-0.2, -0.15) is 0 Å². The monoisotopic (exact) mass is 781 g/mol. The number of ether oxygens (including phenoxy) is 3. The summed E-state index contributed by atoms with van der Waals surface area (Å²) in [4.78, 5) is 25.4. The first-order valence-corrected chi connectivity index (χ1v) is 20.9. The Labute approximate surface area is 347 Å². The first kappa shape index (κ1) is 45.2. The minimum absolute atomic E-state index is 0.219. The highest BCUT2D eigenvalue weighted by molar-refractivity contribution is 5.98. The van der Waals surface area contributed by atoms with Gasteiger partial charge in [-0.3, -0.25) is 9.59 Å². The van der Waals surface area contributed by atoms with E-state index in [0.29, 0.717) is 42.8 Å². The van der Waals surface area contributed by atoms with Gasteiger partial charge in [-0.05, 0) is 133 Å². The topological polar surface area (TPSA) is 65.1 Å². The van der Waals surface area contributed by atoms with Gasteiger partial charge in [0, 0.05) is 19.4 Å². The second-order valence-corrected chi connectivity index (χ2v) is 14.8. The molecular formula is C52H63NO5. The Hall–Kier alpha value is -5.46. The number of hydrogen-bond acceptors (Lipinski definition) is 6. The van der Waals surface area contributed by atoms with Crippen molar-refractivity contribution in [3.63, 3.8) is 0 Å². The minimum Gasteiger partial charge on any atom is -0.492 e. The lowest BCUT2D eigenvalue weighted by Gasteiger charge is -2.27. The second kappa shape index (κ2) is 23.1. The fourth-order valence-electron chi connectivity index (χ4n) is 7.28. The van der Waals surface area contributed by atoms with Crippen LogP contribution in [-0.4, -0.2) is 44.1 Å². The zero-order valence-corrected chi connectivity index (χ0v) is 36.1. The fourth-order valence-corrected chi connectivity index (χ4v) is 7.28. The van der Waals surface area contributed by atoms with Gasteiger partial charge in [0.1, 0.15) is 23.9 Å². The Morgan fingerprint density at radius 1 is 0.552 bits per heavy atom. The molecule has 58 heavy (non-hydrogen) atoms. The second-order valence-electron chi connectivity index (χ2n) is 14.8. The van der Waals surface area contributed by atoms with E-state index in [9.17, 15) is 9.59 Å². The Morgan fingerprint density at radius 2 is 1.00 bits per heavy atom. The number of nitrogens with zero attached hydrogens (tertiary/aromatic N) is 1. The fraction of sp³-hybridized carbons (Fsp3) is 0.346. The van der Waals surface area contributed by atoms with E-state index in [0.717, 1.165) is 42.7 Å². The van der Waals surface area contributed by atoms with Crippen molar-refractivity contribution in [3.8, 4) is 17.2 Å². The van der Waals surface area contributed by atoms with Crippen LogP contribution in [0, 0.1) is 13.8 Å². The number of carbonyl (C=O) groups is 2. The summed E-state index contributed by atoms with van der Waals surface area (Å²) in [6, 6.07) is 42.1. The van der Waals surface area contributed by atoms with Crippen molar-refractivity contribution >= 4 is 23.1 Å². The number of esters is 2. The smallest absolute Gasteiger partial charge is 0.310 e. The quantitative estimate of drug-likeness (QED) is 0.0532. The van der Waals surface area contributed by atoms with E-state index in [1.54, 1.807) is 13.8 Å². The summed E-state index contributed by atoms with van der Waals surface area (Å²) in [7, 11) is 4.11. The van der Waals surface area contributed by atoms with Crippen LogP contribution >= 0.6 is 0 Å². The first-order valence-electron chi connectivity index (χ1n) is 20.9.